The van der Waals surface area contributed by atoms with Gasteiger partial charge in [0.2, 0.25) is 0 Å². The summed E-state index contributed by atoms with van der Waals surface area (Å²) < 4.78 is 0. The van der Waals surface area contributed by atoms with Crippen LogP contribution in [0.15, 0.2) is 17.8 Å². The van der Waals surface area contributed by atoms with Crippen LogP contribution >= 0.6 is 11.3 Å². The third-order valence-corrected chi connectivity index (χ3v) is 4.35. The normalized spacial score (nSPS) is 14.8. The topological polar surface area (TPSA) is 45.2 Å². The Balaban J connectivity index is 1.73. The molecule has 2 aromatic rings. The van der Waals surface area contributed by atoms with Crippen LogP contribution < -0.4 is 9.80 Å². The number of aromatic nitrogens is 3. The maximum absolute atomic E-state index is 4.50. The van der Waals surface area contributed by atoms with Crippen LogP contribution in [0.5, 0.6) is 0 Å². The summed E-state index contributed by atoms with van der Waals surface area (Å²) in [5, 5.41) is 3.21. The Morgan fingerprint density at radius 3 is 2.80 bits per heavy atom. The predicted octanol–water partition coefficient (Wildman–Crippen LogP) is 2.48. The molecular weight excluding hydrogens is 270 g/mol. The van der Waals surface area contributed by atoms with Crippen molar-refractivity contribution in [3.8, 4) is 0 Å². The first-order valence-electron chi connectivity index (χ1n) is 6.91. The number of thiazole rings is 1. The number of nitrogens with zero attached hydrogens (tertiary/aromatic N) is 5. The maximum Gasteiger partial charge on any atom is 0.134 e. The van der Waals surface area contributed by atoms with Gasteiger partial charge in [-0.05, 0) is 19.8 Å². The lowest BCUT2D eigenvalue weighted by atomic mass is 10.4. The third kappa shape index (κ3) is 2.90. The van der Waals surface area contributed by atoms with Gasteiger partial charge in [0.05, 0.1) is 17.2 Å². The zero-order valence-electron chi connectivity index (χ0n) is 11.9. The van der Waals surface area contributed by atoms with E-state index in [1.54, 1.807) is 17.7 Å². The second kappa shape index (κ2) is 5.75. The summed E-state index contributed by atoms with van der Waals surface area (Å²) in [6.07, 6.45) is 4.17. The molecule has 1 aliphatic rings. The van der Waals surface area contributed by atoms with E-state index in [2.05, 4.69) is 36.2 Å². The van der Waals surface area contributed by atoms with Gasteiger partial charge in [-0.3, -0.25) is 0 Å². The van der Waals surface area contributed by atoms with Crippen molar-refractivity contribution in [2.75, 3.05) is 29.9 Å². The first-order chi connectivity index (χ1) is 9.72. The molecule has 106 valence electrons. The van der Waals surface area contributed by atoms with Gasteiger partial charge in [0.25, 0.3) is 0 Å². The van der Waals surface area contributed by atoms with Crippen molar-refractivity contribution in [3.63, 3.8) is 0 Å². The van der Waals surface area contributed by atoms with E-state index in [0.29, 0.717) is 0 Å². The molecular formula is C14H19N5S. The van der Waals surface area contributed by atoms with Gasteiger partial charge in [0, 0.05) is 31.6 Å². The highest BCUT2D eigenvalue weighted by molar-refractivity contribution is 7.09. The van der Waals surface area contributed by atoms with Crippen LogP contribution in [0.2, 0.25) is 0 Å². The fourth-order valence-electron chi connectivity index (χ4n) is 2.47. The molecule has 0 radical (unpaired) electrons. The molecule has 0 aliphatic carbocycles. The summed E-state index contributed by atoms with van der Waals surface area (Å²) in [6, 6.07) is 2.07. The van der Waals surface area contributed by atoms with Gasteiger partial charge in [-0.15, -0.1) is 11.3 Å². The minimum absolute atomic E-state index is 0.779. The highest BCUT2D eigenvalue weighted by atomic mass is 32.1. The first kappa shape index (κ1) is 13.3. The molecule has 3 rings (SSSR count). The van der Waals surface area contributed by atoms with E-state index < -0.39 is 0 Å². The third-order valence-electron chi connectivity index (χ3n) is 3.53. The van der Waals surface area contributed by atoms with Gasteiger partial charge < -0.3 is 9.80 Å². The Bertz CT molecular complexity index is 576. The molecule has 0 atom stereocenters. The van der Waals surface area contributed by atoms with Gasteiger partial charge >= 0.3 is 0 Å². The smallest absolute Gasteiger partial charge is 0.134 e. The Hall–Kier alpha value is -1.69. The number of aryl methyl sites for hydroxylation is 1. The molecule has 0 saturated carbocycles. The minimum Gasteiger partial charge on any atom is -0.356 e. The standard InChI is InChI=1S/C14H19N5S/c1-11-17-12(9-20-11)8-18(2)13-7-14(16-10-15-13)19-5-3-4-6-19/h7,9-10H,3-6,8H2,1-2H3. The molecule has 6 heteroatoms. The molecule has 20 heavy (non-hydrogen) atoms. The Kier molecular flexibility index (Phi) is 3.82. The Morgan fingerprint density at radius 1 is 1.30 bits per heavy atom. The lowest BCUT2D eigenvalue weighted by molar-refractivity contribution is 0.856. The lowest BCUT2D eigenvalue weighted by Gasteiger charge is -2.20. The molecule has 1 saturated heterocycles. The number of hydrogen-bond acceptors (Lipinski definition) is 6. The van der Waals surface area contributed by atoms with Gasteiger partial charge in [0.1, 0.15) is 18.0 Å². The molecule has 2 aromatic heterocycles. The Morgan fingerprint density at radius 2 is 2.10 bits per heavy atom. The van der Waals surface area contributed by atoms with E-state index in [4.69, 9.17) is 0 Å². The highest BCUT2D eigenvalue weighted by Gasteiger charge is 2.15. The number of hydrogen-bond donors (Lipinski definition) is 0. The highest BCUT2D eigenvalue weighted by Crippen LogP contribution is 2.21. The first-order valence-corrected chi connectivity index (χ1v) is 7.79. The van der Waals surface area contributed by atoms with Gasteiger partial charge in [-0.1, -0.05) is 0 Å². The maximum atomic E-state index is 4.50. The zero-order chi connectivity index (χ0) is 13.9. The lowest BCUT2D eigenvalue weighted by Crippen LogP contribution is -2.22. The monoisotopic (exact) mass is 289 g/mol. The Labute approximate surface area is 123 Å². The summed E-state index contributed by atoms with van der Waals surface area (Å²) in [5.41, 5.74) is 1.09. The summed E-state index contributed by atoms with van der Waals surface area (Å²) >= 11 is 1.69. The number of anilines is 2. The summed E-state index contributed by atoms with van der Waals surface area (Å²) in [7, 11) is 2.05. The van der Waals surface area contributed by atoms with Gasteiger partial charge in [0.15, 0.2) is 0 Å². The molecule has 0 spiro atoms. The van der Waals surface area contributed by atoms with Crippen molar-refractivity contribution in [2.45, 2.75) is 26.3 Å². The molecule has 0 amide bonds. The van der Waals surface area contributed by atoms with E-state index in [1.807, 2.05) is 14.0 Å². The van der Waals surface area contributed by atoms with Gasteiger partial charge in [-0.2, -0.15) is 0 Å². The quantitative estimate of drug-likeness (QED) is 0.865. The van der Waals surface area contributed by atoms with E-state index in [-0.39, 0.29) is 0 Å². The minimum atomic E-state index is 0.779. The average Bonchev–Trinajstić information content (AvgIpc) is 3.11. The summed E-state index contributed by atoms with van der Waals surface area (Å²) in [5.74, 6) is 1.99. The van der Waals surface area contributed by atoms with E-state index in [9.17, 15) is 0 Å². The van der Waals surface area contributed by atoms with Crippen LogP contribution in [0, 0.1) is 6.92 Å². The zero-order valence-corrected chi connectivity index (χ0v) is 12.7. The fraction of sp³-hybridized carbons (Fsp3) is 0.500. The second-order valence-electron chi connectivity index (χ2n) is 5.14. The van der Waals surface area contributed by atoms with Crippen molar-refractivity contribution in [3.05, 3.63) is 28.5 Å². The van der Waals surface area contributed by atoms with Gasteiger partial charge in [-0.25, -0.2) is 15.0 Å². The molecule has 1 aliphatic heterocycles. The van der Waals surface area contributed by atoms with Crippen LogP contribution in [0.3, 0.4) is 0 Å². The van der Waals surface area contributed by atoms with Crippen LogP contribution in [-0.4, -0.2) is 35.1 Å². The SMILES string of the molecule is Cc1nc(CN(C)c2cc(N3CCCC3)ncn2)cs1. The molecule has 3 heterocycles. The second-order valence-corrected chi connectivity index (χ2v) is 6.20. The summed E-state index contributed by atoms with van der Waals surface area (Å²) in [4.78, 5) is 17.7. The molecule has 5 nitrogen and oxygen atoms in total. The molecule has 0 unspecified atom stereocenters. The van der Waals surface area contributed by atoms with Crippen LogP contribution in [0.1, 0.15) is 23.5 Å². The molecule has 0 N–H and O–H groups in total. The van der Waals surface area contributed by atoms with Crippen molar-refractivity contribution in [1.29, 1.82) is 0 Å². The number of rotatable bonds is 4. The van der Waals surface area contributed by atoms with E-state index in [1.165, 1.54) is 12.8 Å². The van der Waals surface area contributed by atoms with Crippen LogP contribution in [0.4, 0.5) is 11.6 Å². The predicted molar refractivity (Wildman–Crippen MR) is 82.4 cm³/mol. The van der Waals surface area contributed by atoms with E-state index >= 15 is 0 Å². The van der Waals surface area contributed by atoms with Crippen LogP contribution in [0.25, 0.3) is 0 Å². The molecule has 1 fully saturated rings. The van der Waals surface area contributed by atoms with Crippen LogP contribution in [-0.2, 0) is 6.54 Å². The van der Waals surface area contributed by atoms with Crippen molar-refractivity contribution < 1.29 is 0 Å². The summed E-state index contributed by atoms with van der Waals surface area (Å²) in [6.45, 7) is 5.02. The molecule has 0 bridgehead atoms. The molecule has 0 aromatic carbocycles. The fourth-order valence-corrected chi connectivity index (χ4v) is 3.07. The average molecular weight is 289 g/mol. The van der Waals surface area contributed by atoms with Crippen molar-refractivity contribution in [1.82, 2.24) is 15.0 Å². The van der Waals surface area contributed by atoms with Crippen molar-refractivity contribution >= 4 is 23.0 Å². The van der Waals surface area contributed by atoms with E-state index in [0.717, 1.165) is 42.0 Å². The largest absolute Gasteiger partial charge is 0.356 e. The van der Waals surface area contributed by atoms with Crippen molar-refractivity contribution in [2.24, 2.45) is 0 Å².